The molecule has 3 fully saturated rings. The van der Waals surface area contributed by atoms with Crippen molar-refractivity contribution in [2.75, 3.05) is 19.8 Å². The number of hydrogen-bond acceptors (Lipinski definition) is 12. The lowest BCUT2D eigenvalue weighted by Gasteiger charge is -2.42. The summed E-state index contributed by atoms with van der Waals surface area (Å²) < 4.78 is 20.3. The molecule has 0 amide bonds. The molecule has 9 N–H and O–H groups in total. The molecule has 13 rings (SSSR count). The van der Waals surface area contributed by atoms with Gasteiger partial charge < -0.3 is 60.2 Å². The number of aromatic hydroxyl groups is 6. The van der Waals surface area contributed by atoms with Crippen LogP contribution in [-0.2, 0) is 30.0 Å². The Hall–Kier alpha value is -11.0. The van der Waals surface area contributed by atoms with Gasteiger partial charge in [0.25, 0.3) is 0 Å². The summed E-state index contributed by atoms with van der Waals surface area (Å²) in [5.74, 6) is -3.58. The van der Waals surface area contributed by atoms with Crippen LogP contribution in [0.4, 0.5) is 0 Å². The van der Waals surface area contributed by atoms with Crippen molar-refractivity contribution in [2.45, 2.75) is 240 Å². The first-order valence-corrected chi connectivity index (χ1v) is 42.4. The Labute approximate surface area is 701 Å². The molecule has 15 heteroatoms. The third-order valence-electron chi connectivity index (χ3n) is 27.2. The highest BCUT2D eigenvalue weighted by molar-refractivity contribution is 5.72. The molecule has 3 unspecified atom stereocenters. The zero-order valence-corrected chi connectivity index (χ0v) is 71.8. The maximum atomic E-state index is 13.3. The Morgan fingerprint density at radius 2 is 0.689 bits per heavy atom. The van der Waals surface area contributed by atoms with Crippen LogP contribution < -0.4 is 9.47 Å². The monoisotopic (exact) mass is 1610 g/mol. The Morgan fingerprint density at radius 3 is 1.05 bits per heavy atom. The van der Waals surface area contributed by atoms with Crippen molar-refractivity contribution >= 4 is 17.9 Å². The van der Waals surface area contributed by atoms with E-state index in [9.17, 15) is 60.3 Å². The number of rotatable bonds is 26. The molecule has 3 aliphatic carbocycles. The van der Waals surface area contributed by atoms with Gasteiger partial charge in [0, 0.05) is 39.7 Å². The van der Waals surface area contributed by atoms with E-state index in [4.69, 9.17) is 14.2 Å². The van der Waals surface area contributed by atoms with Gasteiger partial charge in [-0.1, -0.05) is 149 Å². The summed E-state index contributed by atoms with van der Waals surface area (Å²) in [7, 11) is 0. The van der Waals surface area contributed by atoms with Crippen LogP contribution in [0.5, 0.6) is 46.0 Å². The van der Waals surface area contributed by atoms with Crippen molar-refractivity contribution in [1.29, 1.82) is 0 Å². The minimum absolute atomic E-state index is 0.0174. The molecule has 10 aromatic carbocycles. The molecule has 0 radical (unpaired) electrons. The number of hydrogen-bond donors (Lipinski definition) is 9. The van der Waals surface area contributed by atoms with E-state index < -0.39 is 66.5 Å². The largest absolute Gasteiger partial charge is 0.508 e. The van der Waals surface area contributed by atoms with E-state index in [1.54, 1.807) is 36.4 Å². The van der Waals surface area contributed by atoms with Gasteiger partial charge in [-0.05, 0) is 352 Å². The van der Waals surface area contributed by atoms with Crippen molar-refractivity contribution in [2.24, 2.45) is 5.92 Å². The number of carboxylic acids is 3. The molecule has 0 saturated heterocycles. The fraction of sp³-hybridized carbons (Fsp3) is 0.394. The van der Waals surface area contributed by atoms with Gasteiger partial charge in [0.1, 0.15) is 52.6 Å². The summed E-state index contributed by atoms with van der Waals surface area (Å²) in [6.07, 6.45) is 10.5. The molecule has 3 saturated carbocycles. The van der Waals surface area contributed by atoms with E-state index in [2.05, 4.69) is 93.6 Å². The van der Waals surface area contributed by atoms with Gasteiger partial charge in [0.15, 0.2) is 13.2 Å². The fourth-order valence-corrected chi connectivity index (χ4v) is 20.2. The molecule has 10 aromatic rings. The van der Waals surface area contributed by atoms with Crippen LogP contribution in [0.15, 0.2) is 146 Å². The van der Waals surface area contributed by atoms with Gasteiger partial charge in [-0.2, -0.15) is 0 Å². The SMILES string of the molecule is Cc1cc(C(c2cc(C)c(O)cc2C)c2cc(C(C)(c3ccc(C(C)(C)c4cccc(C5CCC(OCC(=O)O)C(C(c6cc(C)c(O)cc6C)c6cc(C)c(O)cc6C)C5)c4)cc3)c3cc(C4CCCCC4)c(OCC(=O)O)c(C(c4cc(C)c(O)cc4C)c4cc(C)c(O)cc4C)c3)cc(C3CCCCC3)c2OCC(=O)O)c(C)cc1O. The number of benzene rings is 10. The third-order valence-corrected chi connectivity index (χ3v) is 27.2. The van der Waals surface area contributed by atoms with Gasteiger partial charge in [-0.25, -0.2) is 14.4 Å². The summed E-state index contributed by atoms with van der Waals surface area (Å²) in [5.41, 5.74) is 21.5. The molecule has 0 heterocycles. The third kappa shape index (κ3) is 17.6. The van der Waals surface area contributed by atoms with Crippen molar-refractivity contribution in [3.8, 4) is 46.0 Å². The first-order valence-electron chi connectivity index (χ1n) is 42.4. The van der Waals surface area contributed by atoms with Crippen molar-refractivity contribution < 1.29 is 74.6 Å². The number of phenols is 6. The molecule has 15 nitrogen and oxygen atoms in total. The maximum absolute atomic E-state index is 13.3. The van der Waals surface area contributed by atoms with Gasteiger partial charge in [0.2, 0.25) is 0 Å². The minimum Gasteiger partial charge on any atom is -0.508 e. The van der Waals surface area contributed by atoms with Crippen LogP contribution in [0, 0.1) is 89.0 Å². The standard InChI is InChI=1S/C104H118O15/c1-56-41-88(105)62(7)35-77(56)98(78-36-63(8)89(106)42-57(78)2)85-48-71(29-34-94(85)117-53-95(111)112)70-27-22-28-74(47-70)103(13,14)72-30-32-73(33-31-72)104(15,75-49-83(68-23-18-16-19-24-68)101(118-54-96(113)114)86(51-75)99(79-37-64(9)90(107)43-58(79)3)80-38-65(10)91(108)44-59(80)4)76-50-84(69-25-20-17-21-26-69)102(119-55-97(115)116)87(52-76)100(81-39-66(11)92(109)45-60(81)5)82-40-67(12)93(110)46-61(82)6/h22,27-28,30-33,35-47,49-52,68-69,71,85,94,98-100,105-110H,16-21,23-26,29,34,48,53-55H2,1-15H3,(H,111,112)(H,113,114)(H,115,116). The van der Waals surface area contributed by atoms with E-state index in [1.165, 1.54) is 0 Å². The Morgan fingerprint density at radius 1 is 0.345 bits per heavy atom. The highest BCUT2D eigenvalue weighted by Crippen LogP contribution is 2.57. The van der Waals surface area contributed by atoms with Gasteiger partial charge in [-0.3, -0.25) is 0 Å². The quantitative estimate of drug-likeness (QED) is 0.0228. The second-order valence-electron chi connectivity index (χ2n) is 35.7. The van der Waals surface area contributed by atoms with Gasteiger partial charge >= 0.3 is 17.9 Å². The van der Waals surface area contributed by atoms with Crippen molar-refractivity contribution in [1.82, 2.24) is 0 Å². The van der Waals surface area contributed by atoms with Gasteiger partial charge in [-0.15, -0.1) is 0 Å². The molecule has 3 atom stereocenters. The van der Waals surface area contributed by atoms with E-state index in [-0.39, 0.29) is 64.1 Å². The lowest BCUT2D eigenvalue weighted by molar-refractivity contribution is -0.147. The van der Waals surface area contributed by atoms with E-state index in [0.717, 1.165) is 193 Å². The van der Waals surface area contributed by atoms with E-state index in [0.29, 0.717) is 57.7 Å². The number of aryl methyl sites for hydroxylation is 12. The van der Waals surface area contributed by atoms with Crippen LogP contribution in [0.2, 0.25) is 0 Å². The summed E-state index contributed by atoms with van der Waals surface area (Å²) in [6.45, 7) is 28.2. The summed E-state index contributed by atoms with van der Waals surface area (Å²) in [6, 6.07) is 49.6. The number of carbonyl (C=O) groups is 3. The molecule has 0 spiro atoms. The first kappa shape index (κ1) is 85.8. The average Bonchev–Trinajstić information content (AvgIpc) is 0.721. The fourth-order valence-electron chi connectivity index (χ4n) is 20.2. The molecule has 624 valence electrons. The highest BCUT2D eigenvalue weighted by Gasteiger charge is 2.44. The molecule has 0 aliphatic heterocycles. The summed E-state index contributed by atoms with van der Waals surface area (Å²) in [4.78, 5) is 38.9. The summed E-state index contributed by atoms with van der Waals surface area (Å²) in [5, 5.41) is 100. The molecule has 0 bridgehead atoms. The molecular formula is C104H118O15. The Bertz CT molecular complexity index is 5140. The zero-order chi connectivity index (χ0) is 85.5. The Balaban J connectivity index is 1.07. The van der Waals surface area contributed by atoms with E-state index in [1.807, 2.05) is 119 Å². The second-order valence-corrected chi connectivity index (χ2v) is 35.7. The second kappa shape index (κ2) is 35.1. The predicted octanol–water partition coefficient (Wildman–Crippen LogP) is 22.9. The number of phenolic OH excluding ortho intramolecular Hbond substituents is 6. The molecule has 0 aromatic heterocycles. The van der Waals surface area contributed by atoms with Crippen LogP contribution >= 0.6 is 0 Å². The normalized spacial score (nSPS) is 16.4. The predicted molar refractivity (Wildman–Crippen MR) is 468 cm³/mol. The summed E-state index contributed by atoms with van der Waals surface area (Å²) >= 11 is 0. The van der Waals surface area contributed by atoms with E-state index >= 15 is 0 Å². The molecule has 3 aliphatic rings. The number of ether oxygens (including phenoxy) is 3. The average molecular weight is 1610 g/mol. The lowest BCUT2D eigenvalue weighted by atomic mass is 9.65. The van der Waals surface area contributed by atoms with Crippen LogP contribution in [0.1, 0.15) is 296 Å². The van der Waals surface area contributed by atoms with Gasteiger partial charge in [0.05, 0.1) is 6.10 Å². The lowest BCUT2D eigenvalue weighted by Crippen LogP contribution is -2.37. The Kier molecular flexibility index (Phi) is 25.3. The van der Waals surface area contributed by atoms with Crippen LogP contribution in [-0.4, -0.2) is 89.8 Å². The molecule has 119 heavy (non-hydrogen) atoms. The zero-order valence-electron chi connectivity index (χ0n) is 71.8. The highest BCUT2D eigenvalue weighted by atomic mass is 16.5. The number of carboxylic acid groups (broad SMARTS) is 3. The number of aliphatic carboxylic acids is 3. The van der Waals surface area contributed by atoms with Crippen molar-refractivity contribution in [3.05, 3.63) is 301 Å². The minimum atomic E-state index is -1.19. The smallest absolute Gasteiger partial charge is 0.341 e. The molecular weight excluding hydrogens is 1490 g/mol. The topological polar surface area (TPSA) is 261 Å². The first-order chi connectivity index (χ1) is 56.5. The van der Waals surface area contributed by atoms with Crippen LogP contribution in [0.3, 0.4) is 0 Å². The van der Waals surface area contributed by atoms with Crippen molar-refractivity contribution in [3.63, 3.8) is 0 Å². The maximum Gasteiger partial charge on any atom is 0.341 e. The van der Waals surface area contributed by atoms with Crippen LogP contribution in [0.25, 0.3) is 0 Å².